The van der Waals surface area contributed by atoms with Crippen LogP contribution in [0.4, 0.5) is 5.69 Å². The molecule has 2 rings (SSSR count). The van der Waals surface area contributed by atoms with Crippen molar-refractivity contribution in [2.45, 2.75) is 6.92 Å². The van der Waals surface area contributed by atoms with Gasteiger partial charge in [0.1, 0.15) is 5.69 Å². The topological polar surface area (TPSA) is 90.0 Å². The molecule has 98 valence electrons. The summed E-state index contributed by atoms with van der Waals surface area (Å²) < 4.78 is 1.33. The van der Waals surface area contributed by atoms with E-state index in [1.54, 1.807) is 19.2 Å². The molecule has 19 heavy (non-hydrogen) atoms. The number of hydrogen-bond donors (Lipinski definition) is 2. The third-order valence-corrected chi connectivity index (χ3v) is 2.81. The molecular weight excluding hydrogens is 244 g/mol. The van der Waals surface area contributed by atoms with E-state index in [9.17, 15) is 9.59 Å². The summed E-state index contributed by atoms with van der Waals surface area (Å²) in [5.74, 6) is -0.936. The fourth-order valence-corrected chi connectivity index (χ4v) is 1.84. The molecule has 0 saturated carbocycles. The molecule has 0 bridgehead atoms. The van der Waals surface area contributed by atoms with E-state index in [-0.39, 0.29) is 11.6 Å². The van der Waals surface area contributed by atoms with Gasteiger partial charge in [0.15, 0.2) is 0 Å². The second-order valence-corrected chi connectivity index (χ2v) is 4.16. The van der Waals surface area contributed by atoms with Gasteiger partial charge in [0.25, 0.3) is 11.8 Å². The van der Waals surface area contributed by atoms with Crippen molar-refractivity contribution in [1.29, 1.82) is 0 Å². The Morgan fingerprint density at radius 3 is 2.63 bits per heavy atom. The molecule has 0 fully saturated rings. The Morgan fingerprint density at radius 2 is 2.00 bits per heavy atom. The number of carbonyl (C=O) groups excluding carboxylic acids is 2. The average Bonchev–Trinajstić information content (AvgIpc) is 2.70. The SMILES string of the molecule is Cc1ccccc1C(=O)Nc1cnn(C)c1C(N)=O. The fourth-order valence-electron chi connectivity index (χ4n) is 1.84. The van der Waals surface area contributed by atoms with Gasteiger partial charge >= 0.3 is 0 Å². The first-order valence-corrected chi connectivity index (χ1v) is 5.69. The smallest absolute Gasteiger partial charge is 0.269 e. The number of rotatable bonds is 3. The quantitative estimate of drug-likeness (QED) is 0.863. The predicted molar refractivity (Wildman–Crippen MR) is 70.9 cm³/mol. The summed E-state index contributed by atoms with van der Waals surface area (Å²) in [5.41, 5.74) is 7.12. The molecule has 1 aromatic carbocycles. The molecule has 6 heteroatoms. The Labute approximate surface area is 110 Å². The van der Waals surface area contributed by atoms with Crippen molar-refractivity contribution < 1.29 is 9.59 Å². The van der Waals surface area contributed by atoms with Crippen LogP contribution in [0.3, 0.4) is 0 Å². The molecule has 2 amide bonds. The first-order chi connectivity index (χ1) is 9.00. The summed E-state index contributed by atoms with van der Waals surface area (Å²) in [7, 11) is 1.59. The predicted octanol–water partition coefficient (Wildman–Crippen LogP) is 1.08. The van der Waals surface area contributed by atoms with Gasteiger partial charge in [-0.25, -0.2) is 0 Å². The molecule has 0 aliphatic carbocycles. The van der Waals surface area contributed by atoms with Gasteiger partial charge in [0.05, 0.1) is 11.9 Å². The number of aryl methyl sites for hydroxylation is 2. The molecule has 0 saturated heterocycles. The maximum atomic E-state index is 12.1. The van der Waals surface area contributed by atoms with Gasteiger partial charge in [-0.2, -0.15) is 5.10 Å². The third-order valence-electron chi connectivity index (χ3n) is 2.81. The highest BCUT2D eigenvalue weighted by molar-refractivity contribution is 6.08. The number of benzene rings is 1. The van der Waals surface area contributed by atoms with Crippen LogP contribution in [-0.2, 0) is 7.05 Å². The Morgan fingerprint density at radius 1 is 1.32 bits per heavy atom. The van der Waals surface area contributed by atoms with Gasteiger partial charge in [-0.05, 0) is 18.6 Å². The molecule has 3 N–H and O–H groups in total. The summed E-state index contributed by atoms with van der Waals surface area (Å²) >= 11 is 0. The van der Waals surface area contributed by atoms with E-state index in [4.69, 9.17) is 5.73 Å². The molecule has 1 aromatic heterocycles. The van der Waals surface area contributed by atoms with Crippen molar-refractivity contribution >= 4 is 17.5 Å². The van der Waals surface area contributed by atoms with Crippen LogP contribution >= 0.6 is 0 Å². The third kappa shape index (κ3) is 2.47. The first-order valence-electron chi connectivity index (χ1n) is 5.69. The normalized spacial score (nSPS) is 10.2. The van der Waals surface area contributed by atoms with Crippen molar-refractivity contribution in [1.82, 2.24) is 9.78 Å². The monoisotopic (exact) mass is 258 g/mol. The zero-order valence-corrected chi connectivity index (χ0v) is 10.7. The van der Waals surface area contributed by atoms with Gasteiger partial charge < -0.3 is 11.1 Å². The van der Waals surface area contributed by atoms with E-state index >= 15 is 0 Å². The standard InChI is InChI=1S/C13H14N4O2/c1-8-5-3-4-6-9(8)13(19)16-10-7-15-17(2)11(10)12(14)18/h3-7H,1-2H3,(H2,14,18)(H,16,19). The second-order valence-electron chi connectivity index (χ2n) is 4.16. The highest BCUT2D eigenvalue weighted by atomic mass is 16.2. The van der Waals surface area contributed by atoms with E-state index in [1.807, 2.05) is 19.1 Å². The Kier molecular flexibility index (Phi) is 3.33. The van der Waals surface area contributed by atoms with Gasteiger partial charge in [-0.15, -0.1) is 0 Å². The van der Waals surface area contributed by atoms with Gasteiger partial charge in [0, 0.05) is 12.6 Å². The lowest BCUT2D eigenvalue weighted by Crippen LogP contribution is -2.20. The maximum absolute atomic E-state index is 12.1. The molecule has 1 heterocycles. The van der Waals surface area contributed by atoms with Gasteiger partial charge in [-0.1, -0.05) is 18.2 Å². The van der Waals surface area contributed by atoms with Crippen molar-refractivity contribution in [3.8, 4) is 0 Å². The first kappa shape index (κ1) is 12.8. The van der Waals surface area contributed by atoms with Crippen LogP contribution in [0.2, 0.25) is 0 Å². The van der Waals surface area contributed by atoms with Crippen LogP contribution < -0.4 is 11.1 Å². The lowest BCUT2D eigenvalue weighted by atomic mass is 10.1. The largest absolute Gasteiger partial charge is 0.364 e. The van der Waals surface area contributed by atoms with Crippen LogP contribution in [-0.4, -0.2) is 21.6 Å². The average molecular weight is 258 g/mol. The lowest BCUT2D eigenvalue weighted by Gasteiger charge is -2.07. The van der Waals surface area contributed by atoms with E-state index in [0.717, 1.165) is 5.56 Å². The second kappa shape index (κ2) is 4.93. The summed E-state index contributed by atoms with van der Waals surface area (Å²) in [5, 5.41) is 6.55. The van der Waals surface area contributed by atoms with Crippen LogP contribution in [0.5, 0.6) is 0 Å². The van der Waals surface area contributed by atoms with E-state index in [2.05, 4.69) is 10.4 Å². The number of amides is 2. The zero-order chi connectivity index (χ0) is 14.0. The molecule has 0 radical (unpaired) electrons. The number of anilines is 1. The van der Waals surface area contributed by atoms with E-state index in [1.165, 1.54) is 10.9 Å². The van der Waals surface area contributed by atoms with Crippen LogP contribution in [0, 0.1) is 6.92 Å². The Bertz CT molecular complexity index is 646. The van der Waals surface area contributed by atoms with Crippen LogP contribution in [0.1, 0.15) is 26.4 Å². The van der Waals surface area contributed by atoms with Gasteiger partial charge in [-0.3, -0.25) is 14.3 Å². The van der Waals surface area contributed by atoms with Crippen LogP contribution in [0.25, 0.3) is 0 Å². The zero-order valence-electron chi connectivity index (χ0n) is 10.7. The highest BCUT2D eigenvalue weighted by Crippen LogP contribution is 2.16. The maximum Gasteiger partial charge on any atom is 0.269 e. The summed E-state index contributed by atoms with van der Waals surface area (Å²) in [6.07, 6.45) is 1.40. The molecule has 2 aromatic rings. The van der Waals surface area contributed by atoms with E-state index < -0.39 is 5.91 Å². The van der Waals surface area contributed by atoms with Crippen molar-refractivity contribution in [3.05, 3.63) is 47.3 Å². The summed E-state index contributed by atoms with van der Waals surface area (Å²) in [6.45, 7) is 1.84. The minimum atomic E-state index is -0.639. The molecule has 0 aliphatic rings. The Balaban J connectivity index is 2.30. The molecule has 0 unspecified atom stereocenters. The highest BCUT2D eigenvalue weighted by Gasteiger charge is 2.17. The molecule has 0 atom stereocenters. The number of aromatic nitrogens is 2. The Hall–Kier alpha value is -2.63. The van der Waals surface area contributed by atoms with Crippen molar-refractivity contribution in [3.63, 3.8) is 0 Å². The molecule has 0 spiro atoms. The number of primary amides is 1. The number of nitrogens with zero attached hydrogens (tertiary/aromatic N) is 2. The molecule has 6 nitrogen and oxygen atoms in total. The van der Waals surface area contributed by atoms with Crippen LogP contribution in [0.15, 0.2) is 30.5 Å². The van der Waals surface area contributed by atoms with Crippen molar-refractivity contribution in [2.24, 2.45) is 12.8 Å². The molecule has 0 aliphatic heterocycles. The molecular formula is C13H14N4O2. The fraction of sp³-hybridized carbons (Fsp3) is 0.154. The summed E-state index contributed by atoms with van der Waals surface area (Å²) in [4.78, 5) is 23.4. The van der Waals surface area contributed by atoms with Gasteiger partial charge in [0.2, 0.25) is 0 Å². The number of nitrogens with one attached hydrogen (secondary N) is 1. The minimum absolute atomic E-state index is 0.168. The number of hydrogen-bond acceptors (Lipinski definition) is 3. The van der Waals surface area contributed by atoms with E-state index in [0.29, 0.717) is 11.3 Å². The minimum Gasteiger partial charge on any atom is -0.364 e. The van der Waals surface area contributed by atoms with Crippen molar-refractivity contribution in [2.75, 3.05) is 5.32 Å². The lowest BCUT2D eigenvalue weighted by molar-refractivity contribution is 0.0992. The summed E-state index contributed by atoms with van der Waals surface area (Å²) in [6, 6.07) is 7.18. The number of carbonyl (C=O) groups is 2. The number of nitrogens with two attached hydrogens (primary N) is 1.